The van der Waals surface area contributed by atoms with E-state index in [-0.39, 0.29) is 25.9 Å². The lowest BCUT2D eigenvalue weighted by Crippen LogP contribution is -2.70. The predicted octanol–water partition coefficient (Wildman–Crippen LogP) is -7.07. The second-order valence-corrected chi connectivity index (χ2v) is 14.9. The van der Waals surface area contributed by atoms with E-state index in [0.29, 0.717) is 0 Å². The standard InChI is InChI=1S/C34H56N4O21/c1-10-19(43)23(47)33(55-25(10)30(49)50)57-27-18(38-13(4)41)32(54-14(20(27)44)5-6-16(42)36-8-7-35)58-28-22(46)24(48)34(59-29(28)31(51)52)56-26-17(37-12(3)40)11(2)53-15(9-39)21(26)45/h10-11,14-15,17-29,32-34,39,43-48H,5-9,35H2,1-4H3,(H,36,42)(H,37,40)(H,38,41)(H,49,50)(H,51,52)/t10-,11-,14?,15?,17?,18?,19-,20+,21+,22+,23?,24?,25?,26+,27+,28-,29?,32-,33-,34+/m0/s1. The van der Waals surface area contributed by atoms with E-state index in [0.717, 1.165) is 13.8 Å². The van der Waals surface area contributed by atoms with E-state index in [9.17, 15) is 69.9 Å². The molecule has 8 unspecified atom stereocenters. The lowest BCUT2D eigenvalue weighted by atomic mass is 9.90. The molecule has 0 bridgehead atoms. The summed E-state index contributed by atoms with van der Waals surface area (Å²) >= 11 is 0. The van der Waals surface area contributed by atoms with E-state index < -0.39 is 159 Å². The predicted molar refractivity (Wildman–Crippen MR) is 189 cm³/mol. The van der Waals surface area contributed by atoms with Crippen LogP contribution in [0.3, 0.4) is 0 Å². The van der Waals surface area contributed by atoms with E-state index in [1.54, 1.807) is 0 Å². The molecule has 338 valence electrons. The van der Waals surface area contributed by atoms with Crippen LogP contribution < -0.4 is 21.7 Å². The lowest BCUT2D eigenvalue weighted by molar-refractivity contribution is -0.364. The Bertz CT molecular complexity index is 1460. The Morgan fingerprint density at radius 2 is 1.14 bits per heavy atom. The summed E-state index contributed by atoms with van der Waals surface area (Å²) < 4.78 is 40.2. The van der Waals surface area contributed by atoms with Crippen LogP contribution in [-0.4, -0.2) is 212 Å². The summed E-state index contributed by atoms with van der Waals surface area (Å²) in [7, 11) is 0. The molecule has 59 heavy (non-hydrogen) atoms. The van der Waals surface area contributed by atoms with E-state index >= 15 is 0 Å². The fourth-order valence-corrected chi connectivity index (χ4v) is 7.44. The summed E-state index contributed by atoms with van der Waals surface area (Å²) in [5.74, 6) is -6.42. The molecule has 4 aliphatic rings. The Morgan fingerprint density at radius 3 is 1.68 bits per heavy atom. The number of nitrogens with two attached hydrogens (primary N) is 1. The quantitative estimate of drug-likeness (QED) is 0.0686. The van der Waals surface area contributed by atoms with Gasteiger partial charge < -0.3 is 101 Å². The Labute approximate surface area is 336 Å². The molecule has 3 amide bonds. The van der Waals surface area contributed by atoms with Crippen molar-refractivity contribution in [3.05, 3.63) is 0 Å². The van der Waals surface area contributed by atoms with Crippen LogP contribution in [0.4, 0.5) is 0 Å². The van der Waals surface area contributed by atoms with E-state index in [4.69, 9.17) is 38.9 Å². The zero-order chi connectivity index (χ0) is 44.0. The normalized spacial score (nSPS) is 42.6. The number of hydrogen-bond donors (Lipinski definition) is 13. The zero-order valence-electron chi connectivity index (χ0n) is 32.6. The number of aliphatic hydroxyl groups excluding tert-OH is 7. The number of aliphatic hydroxyl groups is 7. The first-order valence-electron chi connectivity index (χ1n) is 19.0. The minimum atomic E-state index is -2.23. The van der Waals surface area contributed by atoms with Crippen LogP contribution in [0.2, 0.25) is 0 Å². The van der Waals surface area contributed by atoms with Crippen molar-refractivity contribution in [2.45, 2.75) is 157 Å². The molecule has 0 spiro atoms. The molecule has 14 N–H and O–H groups in total. The Hall–Kier alpha value is -3.25. The van der Waals surface area contributed by atoms with Gasteiger partial charge in [-0.05, 0) is 13.3 Å². The maximum absolute atomic E-state index is 12.7. The van der Waals surface area contributed by atoms with Gasteiger partial charge in [-0.1, -0.05) is 6.92 Å². The molecule has 4 saturated heterocycles. The summed E-state index contributed by atoms with van der Waals surface area (Å²) in [5, 5.41) is 104. The first-order chi connectivity index (χ1) is 27.7. The minimum Gasteiger partial charge on any atom is -0.479 e. The molecule has 0 aliphatic carbocycles. The molecule has 4 rings (SSSR count). The van der Waals surface area contributed by atoms with Crippen molar-refractivity contribution in [3.63, 3.8) is 0 Å². The maximum Gasteiger partial charge on any atom is 0.335 e. The molecule has 25 nitrogen and oxygen atoms in total. The molecule has 0 aromatic heterocycles. The summed E-state index contributed by atoms with van der Waals surface area (Å²) in [6, 6.07) is -2.86. The third kappa shape index (κ3) is 11.4. The highest BCUT2D eigenvalue weighted by Gasteiger charge is 2.57. The van der Waals surface area contributed by atoms with Gasteiger partial charge in [0.05, 0.1) is 31.0 Å². The molecule has 0 radical (unpaired) electrons. The fourth-order valence-electron chi connectivity index (χ4n) is 7.44. The monoisotopic (exact) mass is 856 g/mol. The number of carbonyl (C=O) groups excluding carboxylic acids is 3. The van der Waals surface area contributed by atoms with E-state index in [2.05, 4.69) is 16.0 Å². The van der Waals surface area contributed by atoms with E-state index in [1.165, 1.54) is 13.8 Å². The van der Waals surface area contributed by atoms with Crippen molar-refractivity contribution in [1.29, 1.82) is 0 Å². The van der Waals surface area contributed by atoms with Gasteiger partial charge in [-0.25, -0.2) is 9.59 Å². The second kappa shape index (κ2) is 21.0. The SMILES string of the molecule is CC(=O)NC1[C@H](O[C@@H]2C(C(=O)O)O[C@@H](O[C@@H]3C(NC(C)=O)[C@H](C)OC(CO)[C@H]3O)C(O)[C@H]2O)OC(CCC(=O)NCCN)[C@@H](O)[C@@H]1O[C@@H]1OC(C(=O)O)[C@@H](C)[C@H](O)C1O. The molecule has 25 heteroatoms. The van der Waals surface area contributed by atoms with Crippen LogP contribution in [-0.2, 0) is 57.1 Å². The topological polar surface area (TPSA) is 394 Å². The van der Waals surface area contributed by atoms with Gasteiger partial charge in [0.1, 0.15) is 61.0 Å². The number of carboxylic acid groups (broad SMARTS) is 2. The summed E-state index contributed by atoms with van der Waals surface area (Å²) in [4.78, 5) is 61.8. The molecule has 0 saturated carbocycles. The first-order valence-corrected chi connectivity index (χ1v) is 19.0. The van der Waals surface area contributed by atoms with E-state index in [1.807, 2.05) is 0 Å². The molecule has 0 aromatic rings. The van der Waals surface area contributed by atoms with Gasteiger partial charge in [0.25, 0.3) is 0 Å². The number of aliphatic carboxylic acids is 2. The van der Waals surface area contributed by atoms with Crippen molar-refractivity contribution < 1.29 is 103 Å². The van der Waals surface area contributed by atoms with Crippen LogP contribution >= 0.6 is 0 Å². The van der Waals surface area contributed by atoms with Crippen LogP contribution in [0.5, 0.6) is 0 Å². The Kier molecular flexibility index (Phi) is 17.2. The molecule has 0 aromatic carbocycles. The molecular weight excluding hydrogens is 800 g/mol. The molecule has 4 aliphatic heterocycles. The summed E-state index contributed by atoms with van der Waals surface area (Å²) in [5.41, 5.74) is 5.45. The van der Waals surface area contributed by atoms with Gasteiger partial charge in [0.15, 0.2) is 31.1 Å². The maximum atomic E-state index is 12.7. The first kappa shape index (κ1) is 48.4. The smallest absolute Gasteiger partial charge is 0.335 e. The van der Waals surface area contributed by atoms with Crippen molar-refractivity contribution in [2.75, 3.05) is 19.7 Å². The average molecular weight is 857 g/mol. The number of carboxylic acids is 2. The Morgan fingerprint density at radius 1 is 0.627 bits per heavy atom. The van der Waals surface area contributed by atoms with Crippen molar-refractivity contribution in [3.8, 4) is 0 Å². The van der Waals surface area contributed by atoms with Gasteiger partial charge >= 0.3 is 11.9 Å². The number of amides is 3. The third-order valence-electron chi connectivity index (χ3n) is 10.5. The zero-order valence-corrected chi connectivity index (χ0v) is 32.6. The molecule has 4 fully saturated rings. The van der Waals surface area contributed by atoms with Crippen LogP contribution in [0.1, 0.15) is 40.5 Å². The second-order valence-electron chi connectivity index (χ2n) is 14.9. The number of hydrogen-bond acceptors (Lipinski definition) is 20. The van der Waals surface area contributed by atoms with Gasteiger partial charge in [-0.3, -0.25) is 14.4 Å². The summed E-state index contributed by atoms with van der Waals surface area (Å²) in [6.07, 6.45) is -31.2. The highest BCUT2D eigenvalue weighted by Crippen LogP contribution is 2.36. The number of rotatable bonds is 16. The molecular formula is C34H56N4O21. The van der Waals surface area contributed by atoms with Gasteiger partial charge in [-0.15, -0.1) is 0 Å². The largest absolute Gasteiger partial charge is 0.479 e. The number of carbonyl (C=O) groups is 5. The lowest BCUT2D eigenvalue weighted by Gasteiger charge is -2.50. The highest BCUT2D eigenvalue weighted by molar-refractivity contribution is 5.76. The van der Waals surface area contributed by atoms with Crippen molar-refractivity contribution in [1.82, 2.24) is 16.0 Å². The summed E-state index contributed by atoms with van der Waals surface area (Å²) in [6.45, 7) is 4.46. The van der Waals surface area contributed by atoms with Crippen LogP contribution in [0.15, 0.2) is 0 Å². The fraction of sp³-hybridized carbons (Fsp3) is 0.853. The Balaban J connectivity index is 1.67. The van der Waals surface area contributed by atoms with Gasteiger partial charge in [0.2, 0.25) is 17.7 Å². The van der Waals surface area contributed by atoms with Gasteiger partial charge in [-0.2, -0.15) is 0 Å². The highest BCUT2D eigenvalue weighted by atomic mass is 16.8. The van der Waals surface area contributed by atoms with Crippen molar-refractivity contribution >= 4 is 29.7 Å². The minimum absolute atomic E-state index is 0.100. The van der Waals surface area contributed by atoms with Crippen LogP contribution in [0, 0.1) is 5.92 Å². The van der Waals surface area contributed by atoms with Crippen molar-refractivity contribution in [2.24, 2.45) is 11.7 Å². The molecule has 4 heterocycles. The third-order valence-corrected chi connectivity index (χ3v) is 10.5. The van der Waals surface area contributed by atoms with Crippen LogP contribution in [0.25, 0.3) is 0 Å². The number of nitrogens with one attached hydrogen (secondary N) is 3. The average Bonchev–Trinajstić information content (AvgIpc) is 3.17. The number of ether oxygens (including phenoxy) is 7. The van der Waals surface area contributed by atoms with Gasteiger partial charge in [0, 0.05) is 39.3 Å². The molecule has 20 atom stereocenters.